The first-order valence-electron chi connectivity index (χ1n) is 4.63. The Morgan fingerprint density at radius 1 is 1.33 bits per heavy atom. The summed E-state index contributed by atoms with van der Waals surface area (Å²) in [6.45, 7) is 1.85. The van der Waals surface area contributed by atoms with Gasteiger partial charge in [-0.05, 0) is 41.8 Å². The van der Waals surface area contributed by atoms with Crippen molar-refractivity contribution in [1.82, 2.24) is 0 Å². The van der Waals surface area contributed by atoms with Gasteiger partial charge in [0.2, 0.25) is 6.49 Å². The second-order valence-corrected chi connectivity index (χ2v) is 8.37. The molecule has 0 radical (unpaired) electrons. The highest BCUT2D eigenvalue weighted by atomic mass is 32.5. The van der Waals surface area contributed by atoms with E-state index in [4.69, 9.17) is 20.9 Å². The van der Waals surface area contributed by atoms with Crippen molar-refractivity contribution in [2.45, 2.75) is 11.8 Å². The number of hydrogen-bond acceptors (Lipinski definition) is 4. The molecule has 0 fully saturated rings. The third-order valence-electron chi connectivity index (χ3n) is 1.74. The molecular formula is C10H15O2PS2. The predicted molar refractivity (Wildman–Crippen MR) is 70.7 cm³/mol. The van der Waals surface area contributed by atoms with Crippen LogP contribution in [-0.4, -0.2) is 19.5 Å². The van der Waals surface area contributed by atoms with Gasteiger partial charge in [-0.25, -0.2) is 0 Å². The number of benzene rings is 1. The van der Waals surface area contributed by atoms with E-state index in [0.29, 0.717) is 0 Å². The average Bonchev–Trinajstić information content (AvgIpc) is 2.21. The lowest BCUT2D eigenvalue weighted by Gasteiger charge is -2.16. The van der Waals surface area contributed by atoms with Crippen molar-refractivity contribution in [3.8, 4) is 5.75 Å². The van der Waals surface area contributed by atoms with Crippen LogP contribution >= 0.6 is 18.3 Å². The Balaban J connectivity index is 2.68. The minimum absolute atomic E-state index is 0.781. The van der Waals surface area contributed by atoms with Crippen molar-refractivity contribution in [2.75, 3.05) is 19.5 Å². The lowest BCUT2D eigenvalue weighted by molar-refractivity contribution is 0.398. The van der Waals surface area contributed by atoms with Crippen LogP contribution in [0.5, 0.6) is 5.75 Å². The van der Waals surface area contributed by atoms with E-state index in [-0.39, 0.29) is 0 Å². The maximum atomic E-state index is 5.58. The topological polar surface area (TPSA) is 18.5 Å². The van der Waals surface area contributed by atoms with Crippen molar-refractivity contribution in [3.05, 3.63) is 24.3 Å². The summed E-state index contributed by atoms with van der Waals surface area (Å²) in [5.74, 6) is 1.85. The van der Waals surface area contributed by atoms with Gasteiger partial charge in [0.1, 0.15) is 5.75 Å². The molecule has 0 N–H and O–H groups in total. The number of rotatable bonds is 5. The Morgan fingerprint density at radius 3 is 2.40 bits per heavy atom. The smallest absolute Gasteiger partial charge is 0.234 e. The molecule has 0 bridgehead atoms. The van der Waals surface area contributed by atoms with Crippen LogP contribution in [0.1, 0.15) is 6.92 Å². The third kappa shape index (κ3) is 4.56. The van der Waals surface area contributed by atoms with Crippen LogP contribution < -0.4 is 4.52 Å². The van der Waals surface area contributed by atoms with Crippen LogP contribution in [0, 0.1) is 0 Å². The molecule has 0 saturated carbocycles. The molecule has 1 aromatic rings. The SMILES string of the molecule is CCSc1ccc(OP(C)(=S)OC)cc1. The third-order valence-corrected chi connectivity index (χ3v) is 4.51. The highest BCUT2D eigenvalue weighted by Gasteiger charge is 2.10. The fourth-order valence-corrected chi connectivity index (χ4v) is 2.49. The summed E-state index contributed by atoms with van der Waals surface area (Å²) in [4.78, 5) is 1.24. The molecule has 1 unspecified atom stereocenters. The Bertz CT molecular complexity index is 351. The first-order chi connectivity index (χ1) is 7.07. The maximum absolute atomic E-state index is 5.58. The molecular weight excluding hydrogens is 247 g/mol. The molecule has 84 valence electrons. The van der Waals surface area contributed by atoms with E-state index in [1.54, 1.807) is 18.9 Å². The second-order valence-electron chi connectivity index (χ2n) is 2.95. The van der Waals surface area contributed by atoms with Gasteiger partial charge in [-0.3, -0.25) is 0 Å². The summed E-state index contributed by atoms with van der Waals surface area (Å²) in [5.41, 5.74) is 0. The van der Waals surface area contributed by atoms with E-state index in [9.17, 15) is 0 Å². The van der Waals surface area contributed by atoms with E-state index < -0.39 is 6.49 Å². The van der Waals surface area contributed by atoms with Gasteiger partial charge in [-0.15, -0.1) is 11.8 Å². The minimum Gasteiger partial charge on any atom is -0.444 e. The van der Waals surface area contributed by atoms with Crippen molar-refractivity contribution in [2.24, 2.45) is 0 Å². The van der Waals surface area contributed by atoms with Gasteiger partial charge in [0.25, 0.3) is 0 Å². The molecule has 0 spiro atoms. The van der Waals surface area contributed by atoms with Gasteiger partial charge in [-0.2, -0.15) is 0 Å². The summed E-state index contributed by atoms with van der Waals surface area (Å²) < 4.78 is 10.7. The quantitative estimate of drug-likeness (QED) is 0.594. The molecule has 0 aliphatic heterocycles. The zero-order valence-electron chi connectivity index (χ0n) is 9.10. The van der Waals surface area contributed by atoms with Gasteiger partial charge in [0, 0.05) is 18.7 Å². The minimum atomic E-state index is -2.10. The lowest BCUT2D eigenvalue weighted by Crippen LogP contribution is -1.92. The zero-order chi connectivity index (χ0) is 11.3. The van der Waals surface area contributed by atoms with Gasteiger partial charge < -0.3 is 9.05 Å². The molecule has 1 rings (SSSR count). The normalized spacial score (nSPS) is 14.6. The molecule has 0 saturated heterocycles. The highest BCUT2D eigenvalue weighted by molar-refractivity contribution is 8.09. The van der Waals surface area contributed by atoms with Crippen LogP contribution in [0.3, 0.4) is 0 Å². The average molecular weight is 262 g/mol. The summed E-state index contributed by atoms with van der Waals surface area (Å²) >= 11 is 6.98. The Hall–Kier alpha value is -0.0200. The summed E-state index contributed by atoms with van der Waals surface area (Å²) in [6.07, 6.45) is 0. The van der Waals surface area contributed by atoms with Crippen LogP contribution in [0.25, 0.3) is 0 Å². The lowest BCUT2D eigenvalue weighted by atomic mass is 10.3. The van der Waals surface area contributed by atoms with Crippen molar-refractivity contribution >= 4 is 30.1 Å². The molecule has 5 heteroatoms. The van der Waals surface area contributed by atoms with E-state index in [0.717, 1.165) is 11.5 Å². The van der Waals surface area contributed by atoms with E-state index in [2.05, 4.69) is 6.92 Å². The number of thioether (sulfide) groups is 1. The van der Waals surface area contributed by atoms with Crippen LogP contribution in [0.15, 0.2) is 29.2 Å². The van der Waals surface area contributed by atoms with E-state index in [1.165, 1.54) is 4.90 Å². The molecule has 1 atom stereocenters. The van der Waals surface area contributed by atoms with Gasteiger partial charge in [0.05, 0.1) is 0 Å². The standard InChI is InChI=1S/C10H15O2PS2/c1-4-15-10-7-5-9(6-8-10)12-13(3,14)11-2/h5-8H,4H2,1-3H3. The summed E-state index contributed by atoms with van der Waals surface area (Å²) in [5, 5.41) is 0. The summed E-state index contributed by atoms with van der Waals surface area (Å²) in [7, 11) is 1.59. The highest BCUT2D eigenvalue weighted by Crippen LogP contribution is 2.43. The van der Waals surface area contributed by atoms with Crippen LogP contribution in [-0.2, 0) is 16.3 Å². The first-order valence-corrected chi connectivity index (χ1v) is 8.70. The first kappa shape index (κ1) is 13.0. The maximum Gasteiger partial charge on any atom is 0.234 e. The Kier molecular flexibility index (Phi) is 5.13. The summed E-state index contributed by atoms with van der Waals surface area (Å²) in [6, 6.07) is 7.94. The molecule has 0 aliphatic carbocycles. The fourth-order valence-electron chi connectivity index (χ4n) is 0.992. The largest absolute Gasteiger partial charge is 0.444 e. The van der Waals surface area contributed by atoms with E-state index >= 15 is 0 Å². The van der Waals surface area contributed by atoms with E-state index in [1.807, 2.05) is 30.9 Å². The van der Waals surface area contributed by atoms with Gasteiger partial charge in [-0.1, -0.05) is 6.92 Å². The molecule has 15 heavy (non-hydrogen) atoms. The molecule has 0 amide bonds. The Labute approximate surface area is 101 Å². The van der Waals surface area contributed by atoms with Crippen LogP contribution in [0.4, 0.5) is 0 Å². The molecule has 2 nitrogen and oxygen atoms in total. The monoisotopic (exact) mass is 262 g/mol. The van der Waals surface area contributed by atoms with Crippen molar-refractivity contribution < 1.29 is 9.05 Å². The predicted octanol–water partition coefficient (Wildman–Crippen LogP) is 3.76. The Morgan fingerprint density at radius 2 is 1.93 bits per heavy atom. The number of hydrogen-bond donors (Lipinski definition) is 0. The van der Waals surface area contributed by atoms with Crippen LogP contribution in [0.2, 0.25) is 0 Å². The van der Waals surface area contributed by atoms with Gasteiger partial charge >= 0.3 is 0 Å². The zero-order valence-corrected chi connectivity index (χ0v) is 11.6. The van der Waals surface area contributed by atoms with Gasteiger partial charge in [0.15, 0.2) is 0 Å². The van der Waals surface area contributed by atoms with Crippen molar-refractivity contribution in [3.63, 3.8) is 0 Å². The van der Waals surface area contributed by atoms with Crippen molar-refractivity contribution in [1.29, 1.82) is 0 Å². The molecule has 0 aliphatic rings. The molecule has 0 aromatic heterocycles. The fraction of sp³-hybridized carbons (Fsp3) is 0.400. The molecule has 1 aromatic carbocycles. The second kappa shape index (κ2) is 5.90. The molecule has 0 heterocycles.